The largest absolute Gasteiger partial charge is 0.303 e. The molecule has 0 aromatic heterocycles. The van der Waals surface area contributed by atoms with Gasteiger partial charge in [-0.1, -0.05) is 13.0 Å². The van der Waals surface area contributed by atoms with E-state index >= 15 is 0 Å². The molecule has 0 amide bonds. The van der Waals surface area contributed by atoms with Crippen LogP contribution >= 0.6 is 0 Å². The zero-order valence-corrected chi connectivity index (χ0v) is 8.87. The molecule has 15 heavy (non-hydrogen) atoms. The third-order valence-corrected chi connectivity index (χ3v) is 3.32. The molecule has 0 saturated carbocycles. The monoisotopic (exact) mass is 206 g/mol. The van der Waals surface area contributed by atoms with Crippen molar-refractivity contribution in [1.29, 1.82) is 0 Å². The maximum Gasteiger partial charge on any atom is 0.123 e. The van der Waals surface area contributed by atoms with E-state index in [9.17, 15) is 9.18 Å². The number of halogens is 1. The van der Waals surface area contributed by atoms with Gasteiger partial charge in [0.2, 0.25) is 0 Å². The number of aldehydes is 1. The Labute approximate surface area is 89.3 Å². The van der Waals surface area contributed by atoms with Crippen molar-refractivity contribution in [2.75, 3.05) is 0 Å². The minimum atomic E-state index is -0.173. The lowest BCUT2D eigenvalue weighted by molar-refractivity contribution is -0.111. The summed E-state index contributed by atoms with van der Waals surface area (Å²) >= 11 is 0. The van der Waals surface area contributed by atoms with Crippen LogP contribution in [-0.2, 0) is 11.2 Å². The lowest BCUT2D eigenvalue weighted by Crippen LogP contribution is -2.17. The van der Waals surface area contributed by atoms with Crippen LogP contribution in [0.3, 0.4) is 0 Å². The van der Waals surface area contributed by atoms with Crippen molar-refractivity contribution in [3.05, 3.63) is 35.1 Å². The molecule has 2 rings (SSSR count). The Morgan fingerprint density at radius 2 is 2.33 bits per heavy atom. The van der Waals surface area contributed by atoms with Gasteiger partial charge in [0.25, 0.3) is 0 Å². The Morgan fingerprint density at radius 1 is 1.53 bits per heavy atom. The summed E-state index contributed by atoms with van der Waals surface area (Å²) in [5.74, 6) is 0.148. The minimum Gasteiger partial charge on any atom is -0.303 e. The highest BCUT2D eigenvalue weighted by Gasteiger charge is 2.24. The van der Waals surface area contributed by atoms with Gasteiger partial charge in [-0.3, -0.25) is 0 Å². The van der Waals surface area contributed by atoms with Gasteiger partial charge in [-0.15, -0.1) is 0 Å². The molecule has 0 heterocycles. The molecule has 2 unspecified atom stereocenters. The first kappa shape index (κ1) is 10.3. The maximum absolute atomic E-state index is 13.0. The summed E-state index contributed by atoms with van der Waals surface area (Å²) in [6.07, 6.45) is 4.04. The van der Waals surface area contributed by atoms with E-state index in [1.165, 1.54) is 11.6 Å². The van der Waals surface area contributed by atoms with Crippen LogP contribution in [-0.4, -0.2) is 6.29 Å². The first-order chi connectivity index (χ1) is 7.22. The summed E-state index contributed by atoms with van der Waals surface area (Å²) in [6.45, 7) is 1.94. The molecule has 0 N–H and O–H groups in total. The number of carbonyl (C=O) groups is 1. The van der Waals surface area contributed by atoms with Crippen LogP contribution < -0.4 is 0 Å². The Balaban J connectivity index is 2.38. The van der Waals surface area contributed by atoms with Crippen LogP contribution in [0.2, 0.25) is 0 Å². The number of hydrogen-bond donors (Lipinski definition) is 0. The van der Waals surface area contributed by atoms with Gasteiger partial charge in [0, 0.05) is 5.92 Å². The first-order valence-electron chi connectivity index (χ1n) is 5.46. The number of carbonyl (C=O) groups excluding carboxylic acids is 1. The SMILES string of the molecule is CC(C=O)C1CCCc2cc(F)ccc21. The van der Waals surface area contributed by atoms with Gasteiger partial charge in [-0.2, -0.15) is 0 Å². The number of fused-ring (bicyclic) bond motifs is 1. The highest BCUT2D eigenvalue weighted by atomic mass is 19.1. The molecule has 1 aliphatic carbocycles. The maximum atomic E-state index is 13.0. The number of benzene rings is 1. The van der Waals surface area contributed by atoms with Gasteiger partial charge in [0.05, 0.1) is 0 Å². The summed E-state index contributed by atoms with van der Waals surface area (Å²) < 4.78 is 13.0. The molecule has 0 bridgehead atoms. The van der Waals surface area contributed by atoms with Crippen molar-refractivity contribution < 1.29 is 9.18 Å². The van der Waals surface area contributed by atoms with E-state index in [1.807, 2.05) is 13.0 Å². The Hall–Kier alpha value is -1.18. The molecule has 0 aliphatic heterocycles. The summed E-state index contributed by atoms with van der Waals surface area (Å²) in [5.41, 5.74) is 2.25. The Kier molecular flexibility index (Phi) is 2.85. The van der Waals surface area contributed by atoms with Crippen molar-refractivity contribution >= 4 is 6.29 Å². The van der Waals surface area contributed by atoms with Crippen LogP contribution in [0.15, 0.2) is 18.2 Å². The van der Waals surface area contributed by atoms with Crippen molar-refractivity contribution in [1.82, 2.24) is 0 Å². The molecule has 0 spiro atoms. The quantitative estimate of drug-likeness (QED) is 0.679. The fourth-order valence-electron chi connectivity index (χ4n) is 2.46. The van der Waals surface area contributed by atoms with E-state index in [0.29, 0.717) is 0 Å². The summed E-state index contributed by atoms with van der Waals surface area (Å²) in [5, 5.41) is 0. The van der Waals surface area contributed by atoms with Gasteiger partial charge in [-0.25, -0.2) is 4.39 Å². The van der Waals surface area contributed by atoms with Gasteiger partial charge in [-0.05, 0) is 48.4 Å². The fourth-order valence-corrected chi connectivity index (χ4v) is 2.46. The zero-order valence-electron chi connectivity index (χ0n) is 8.87. The Morgan fingerprint density at radius 3 is 3.07 bits per heavy atom. The number of hydrogen-bond acceptors (Lipinski definition) is 1. The molecule has 1 aromatic rings. The second-order valence-electron chi connectivity index (χ2n) is 4.34. The van der Waals surface area contributed by atoms with Gasteiger partial charge < -0.3 is 4.79 Å². The third-order valence-electron chi connectivity index (χ3n) is 3.32. The molecule has 0 radical (unpaired) electrons. The summed E-state index contributed by atoms with van der Waals surface area (Å²) in [6, 6.07) is 4.95. The first-order valence-corrected chi connectivity index (χ1v) is 5.46. The van der Waals surface area contributed by atoms with Crippen molar-refractivity contribution in [2.24, 2.45) is 5.92 Å². The van der Waals surface area contributed by atoms with E-state index in [4.69, 9.17) is 0 Å². The van der Waals surface area contributed by atoms with Crippen LogP contribution in [0.5, 0.6) is 0 Å². The average molecular weight is 206 g/mol. The standard InChI is InChI=1S/C13H15FO/c1-9(8-15)12-4-2-3-10-7-11(14)5-6-13(10)12/h5-9,12H,2-4H2,1H3. The topological polar surface area (TPSA) is 17.1 Å². The predicted octanol–water partition coefficient (Wildman–Crippen LogP) is 3.08. The fraction of sp³-hybridized carbons (Fsp3) is 0.462. The smallest absolute Gasteiger partial charge is 0.123 e. The van der Waals surface area contributed by atoms with Gasteiger partial charge in [0.1, 0.15) is 12.1 Å². The predicted molar refractivity (Wildman–Crippen MR) is 57.3 cm³/mol. The molecule has 1 aliphatic rings. The normalized spacial score (nSPS) is 21.9. The van der Waals surface area contributed by atoms with Crippen molar-refractivity contribution in [3.63, 3.8) is 0 Å². The van der Waals surface area contributed by atoms with E-state index in [-0.39, 0.29) is 17.7 Å². The molecular formula is C13H15FO. The molecule has 0 fully saturated rings. The van der Waals surface area contributed by atoms with Crippen LogP contribution in [0.1, 0.15) is 36.8 Å². The lowest BCUT2D eigenvalue weighted by Gasteiger charge is -2.27. The van der Waals surface area contributed by atoms with E-state index in [0.717, 1.165) is 31.1 Å². The van der Waals surface area contributed by atoms with Crippen LogP contribution in [0.25, 0.3) is 0 Å². The van der Waals surface area contributed by atoms with Crippen molar-refractivity contribution in [3.8, 4) is 0 Å². The molecule has 1 nitrogen and oxygen atoms in total. The van der Waals surface area contributed by atoms with Gasteiger partial charge >= 0.3 is 0 Å². The second-order valence-corrected chi connectivity index (χ2v) is 4.34. The van der Waals surface area contributed by atoms with E-state index in [2.05, 4.69) is 0 Å². The minimum absolute atomic E-state index is 0.0366. The average Bonchev–Trinajstić information content (AvgIpc) is 2.26. The van der Waals surface area contributed by atoms with Gasteiger partial charge in [0.15, 0.2) is 0 Å². The van der Waals surface area contributed by atoms with Crippen LogP contribution in [0.4, 0.5) is 4.39 Å². The third kappa shape index (κ3) is 1.94. The molecular weight excluding hydrogens is 191 g/mol. The highest BCUT2D eigenvalue weighted by Crippen LogP contribution is 2.36. The summed E-state index contributed by atoms with van der Waals surface area (Å²) in [4.78, 5) is 10.8. The van der Waals surface area contributed by atoms with E-state index in [1.54, 1.807) is 6.07 Å². The van der Waals surface area contributed by atoms with E-state index < -0.39 is 0 Å². The zero-order chi connectivity index (χ0) is 10.8. The molecule has 2 heteroatoms. The highest BCUT2D eigenvalue weighted by molar-refractivity contribution is 5.56. The molecule has 0 saturated heterocycles. The Bertz CT molecular complexity index is 373. The molecule has 80 valence electrons. The summed E-state index contributed by atoms with van der Waals surface area (Å²) in [7, 11) is 0. The second kappa shape index (κ2) is 4.13. The number of aryl methyl sites for hydroxylation is 1. The lowest BCUT2D eigenvalue weighted by atomic mass is 9.77. The van der Waals surface area contributed by atoms with Crippen molar-refractivity contribution in [2.45, 2.75) is 32.1 Å². The number of rotatable bonds is 2. The molecule has 2 atom stereocenters. The van der Waals surface area contributed by atoms with Crippen LogP contribution in [0, 0.1) is 11.7 Å². The molecule has 1 aromatic carbocycles.